The maximum atomic E-state index is 12.2. The molecule has 120 valence electrons. The van der Waals surface area contributed by atoms with Crippen molar-refractivity contribution in [3.8, 4) is 5.75 Å². The number of benzene rings is 1. The molecule has 6 nitrogen and oxygen atoms in total. The van der Waals surface area contributed by atoms with Gasteiger partial charge in [0.25, 0.3) is 0 Å². The largest absolute Gasteiger partial charge is 0.491 e. The van der Waals surface area contributed by atoms with Crippen molar-refractivity contribution < 1.29 is 14.3 Å². The Bertz CT molecular complexity index is 533. The van der Waals surface area contributed by atoms with Gasteiger partial charge in [-0.2, -0.15) is 0 Å². The van der Waals surface area contributed by atoms with Gasteiger partial charge in [0, 0.05) is 12.5 Å². The highest BCUT2D eigenvalue weighted by molar-refractivity contribution is 5.92. The van der Waals surface area contributed by atoms with Crippen molar-refractivity contribution in [1.29, 1.82) is 0 Å². The lowest BCUT2D eigenvalue weighted by Gasteiger charge is -2.16. The van der Waals surface area contributed by atoms with Crippen molar-refractivity contribution in [3.05, 3.63) is 24.3 Å². The molecule has 2 atom stereocenters. The Labute approximate surface area is 130 Å². The minimum absolute atomic E-state index is 0.0618. The van der Waals surface area contributed by atoms with Gasteiger partial charge in [-0.1, -0.05) is 18.6 Å². The van der Waals surface area contributed by atoms with E-state index >= 15 is 0 Å². The second kappa shape index (κ2) is 7.79. The fraction of sp³-hybridized carbons (Fsp3) is 0.500. The Morgan fingerprint density at radius 3 is 2.73 bits per heavy atom. The minimum atomic E-state index is -0.420. The van der Waals surface area contributed by atoms with Gasteiger partial charge in [0.05, 0.1) is 18.7 Å². The zero-order chi connectivity index (χ0) is 15.9. The summed E-state index contributed by atoms with van der Waals surface area (Å²) in [7, 11) is 0. The third kappa shape index (κ3) is 4.73. The minimum Gasteiger partial charge on any atom is -0.491 e. The van der Waals surface area contributed by atoms with Gasteiger partial charge >= 0.3 is 0 Å². The summed E-state index contributed by atoms with van der Waals surface area (Å²) in [6, 6.07) is 7.26. The maximum Gasteiger partial charge on any atom is 0.224 e. The number of nitrogens with one attached hydrogen (secondary N) is 1. The second-order valence-corrected chi connectivity index (χ2v) is 5.67. The number of primary amides is 1. The Morgan fingerprint density at radius 1 is 1.27 bits per heavy atom. The average molecular weight is 305 g/mol. The van der Waals surface area contributed by atoms with Crippen LogP contribution in [0.2, 0.25) is 0 Å². The molecule has 0 spiro atoms. The number of para-hydroxylation sites is 2. The van der Waals surface area contributed by atoms with Crippen LogP contribution < -0.4 is 21.5 Å². The molecule has 0 unspecified atom stereocenters. The van der Waals surface area contributed by atoms with Gasteiger partial charge in [-0.15, -0.1) is 0 Å². The van der Waals surface area contributed by atoms with Crippen LogP contribution in [0.4, 0.5) is 5.69 Å². The van der Waals surface area contributed by atoms with Crippen LogP contribution in [0, 0.1) is 5.92 Å². The van der Waals surface area contributed by atoms with Crippen LogP contribution >= 0.6 is 0 Å². The normalized spacial score (nSPS) is 20.6. The monoisotopic (exact) mass is 305 g/mol. The lowest BCUT2D eigenvalue weighted by Crippen LogP contribution is -2.28. The topological polar surface area (TPSA) is 107 Å². The number of anilines is 1. The number of carbonyl (C=O) groups is 2. The van der Waals surface area contributed by atoms with Crippen LogP contribution in [-0.2, 0) is 9.59 Å². The highest BCUT2D eigenvalue weighted by Gasteiger charge is 2.26. The summed E-state index contributed by atoms with van der Waals surface area (Å²) in [4.78, 5) is 22.9. The molecule has 1 aromatic carbocycles. The summed E-state index contributed by atoms with van der Waals surface area (Å²) >= 11 is 0. The summed E-state index contributed by atoms with van der Waals surface area (Å²) in [5.41, 5.74) is 11.7. The molecular formula is C16H23N3O3. The quantitative estimate of drug-likeness (QED) is 0.707. The molecule has 1 aliphatic rings. The molecule has 0 aliphatic heterocycles. The standard InChI is InChI=1S/C16H23N3O3/c17-12-5-3-4-11(12)10-16(21)19-13-6-1-2-7-14(13)22-9-8-15(18)20/h1-2,6-7,11-12H,3-5,8-10,17H2,(H2,18,20)(H,19,21)/t11-,12+/m0/s1. The van der Waals surface area contributed by atoms with Crippen molar-refractivity contribution in [2.24, 2.45) is 17.4 Å². The number of hydrogen-bond donors (Lipinski definition) is 3. The highest BCUT2D eigenvalue weighted by atomic mass is 16.5. The number of nitrogens with two attached hydrogens (primary N) is 2. The van der Waals surface area contributed by atoms with E-state index in [1.807, 2.05) is 12.1 Å². The van der Waals surface area contributed by atoms with Crippen molar-refractivity contribution in [3.63, 3.8) is 0 Å². The molecule has 0 saturated heterocycles. The Hall–Kier alpha value is -2.08. The van der Waals surface area contributed by atoms with E-state index in [0.717, 1.165) is 19.3 Å². The zero-order valence-electron chi connectivity index (χ0n) is 12.6. The summed E-state index contributed by atoms with van der Waals surface area (Å²) < 4.78 is 5.50. The van der Waals surface area contributed by atoms with E-state index in [9.17, 15) is 9.59 Å². The lowest BCUT2D eigenvalue weighted by atomic mass is 10.00. The summed E-state index contributed by atoms with van der Waals surface area (Å²) in [6.07, 6.45) is 3.65. The fourth-order valence-corrected chi connectivity index (χ4v) is 2.72. The van der Waals surface area contributed by atoms with Crippen LogP contribution in [0.1, 0.15) is 32.1 Å². The number of ether oxygens (including phenoxy) is 1. The predicted molar refractivity (Wildman–Crippen MR) is 84.3 cm³/mol. The molecular weight excluding hydrogens is 282 g/mol. The van der Waals surface area contributed by atoms with Gasteiger partial charge in [0.1, 0.15) is 5.75 Å². The number of carbonyl (C=O) groups excluding carboxylic acids is 2. The number of amides is 2. The third-order valence-corrected chi connectivity index (χ3v) is 3.93. The molecule has 0 aromatic heterocycles. The zero-order valence-corrected chi connectivity index (χ0v) is 12.6. The summed E-state index contributed by atoms with van der Waals surface area (Å²) in [5.74, 6) is 0.306. The molecule has 0 bridgehead atoms. The van der Waals surface area contributed by atoms with Crippen LogP contribution in [0.3, 0.4) is 0 Å². The molecule has 0 heterocycles. The Kier molecular flexibility index (Phi) is 5.77. The van der Waals surface area contributed by atoms with E-state index in [1.54, 1.807) is 12.1 Å². The Morgan fingerprint density at radius 2 is 2.05 bits per heavy atom. The van der Waals surface area contributed by atoms with Gasteiger partial charge in [-0.25, -0.2) is 0 Å². The van der Waals surface area contributed by atoms with E-state index in [0.29, 0.717) is 17.9 Å². The van der Waals surface area contributed by atoms with Crippen molar-refractivity contribution in [2.45, 2.75) is 38.1 Å². The second-order valence-electron chi connectivity index (χ2n) is 5.67. The summed E-state index contributed by atoms with van der Waals surface area (Å²) in [5, 5.41) is 2.86. The fourth-order valence-electron chi connectivity index (χ4n) is 2.72. The number of rotatable bonds is 7. The smallest absolute Gasteiger partial charge is 0.224 e. The van der Waals surface area contributed by atoms with E-state index < -0.39 is 5.91 Å². The van der Waals surface area contributed by atoms with Gasteiger partial charge in [-0.05, 0) is 30.9 Å². The van der Waals surface area contributed by atoms with E-state index in [4.69, 9.17) is 16.2 Å². The van der Waals surface area contributed by atoms with Crippen LogP contribution in [0.25, 0.3) is 0 Å². The molecule has 1 aliphatic carbocycles. The Balaban J connectivity index is 1.90. The van der Waals surface area contributed by atoms with Gasteiger partial charge in [-0.3, -0.25) is 9.59 Å². The molecule has 22 heavy (non-hydrogen) atoms. The number of hydrogen-bond acceptors (Lipinski definition) is 4. The molecule has 1 saturated carbocycles. The van der Waals surface area contributed by atoms with Gasteiger partial charge in [0.15, 0.2) is 0 Å². The maximum absolute atomic E-state index is 12.2. The van der Waals surface area contributed by atoms with E-state index in [1.165, 1.54) is 0 Å². The molecule has 0 radical (unpaired) electrons. The van der Waals surface area contributed by atoms with Crippen molar-refractivity contribution >= 4 is 17.5 Å². The first kappa shape index (κ1) is 16.3. The first-order valence-electron chi connectivity index (χ1n) is 7.62. The van der Waals surface area contributed by atoms with Crippen molar-refractivity contribution in [1.82, 2.24) is 0 Å². The van der Waals surface area contributed by atoms with E-state index in [2.05, 4.69) is 5.32 Å². The van der Waals surface area contributed by atoms with Gasteiger partial charge < -0.3 is 21.5 Å². The molecule has 2 rings (SSSR count). The molecule has 5 N–H and O–H groups in total. The van der Waals surface area contributed by atoms with Crippen LogP contribution in [0.5, 0.6) is 5.75 Å². The molecule has 1 fully saturated rings. The SMILES string of the molecule is NC(=O)CCOc1ccccc1NC(=O)C[C@@H]1CCC[C@H]1N. The molecule has 6 heteroatoms. The van der Waals surface area contributed by atoms with Crippen molar-refractivity contribution in [2.75, 3.05) is 11.9 Å². The van der Waals surface area contributed by atoms with Crippen LogP contribution in [0.15, 0.2) is 24.3 Å². The van der Waals surface area contributed by atoms with E-state index in [-0.39, 0.29) is 30.9 Å². The third-order valence-electron chi connectivity index (χ3n) is 3.93. The summed E-state index contributed by atoms with van der Waals surface area (Å²) in [6.45, 7) is 0.190. The molecule has 1 aromatic rings. The first-order valence-corrected chi connectivity index (χ1v) is 7.62. The lowest BCUT2D eigenvalue weighted by molar-refractivity contribution is -0.119. The predicted octanol–water partition coefficient (Wildman–Crippen LogP) is 1.40. The molecule has 2 amide bonds. The average Bonchev–Trinajstić information content (AvgIpc) is 2.85. The van der Waals surface area contributed by atoms with Gasteiger partial charge in [0.2, 0.25) is 11.8 Å². The highest BCUT2D eigenvalue weighted by Crippen LogP contribution is 2.28. The first-order chi connectivity index (χ1) is 10.6. The van der Waals surface area contributed by atoms with Crippen LogP contribution in [-0.4, -0.2) is 24.5 Å².